The minimum Gasteiger partial charge on any atom is -0.494 e. The fourth-order valence-corrected chi connectivity index (χ4v) is 5.25. The Balaban J connectivity index is 1.46. The monoisotopic (exact) mass is 505 g/mol. The van der Waals surface area contributed by atoms with Crippen molar-refractivity contribution in [1.29, 1.82) is 0 Å². The first-order chi connectivity index (χ1) is 17.9. The van der Waals surface area contributed by atoms with Gasteiger partial charge < -0.3 is 24.8 Å². The van der Waals surface area contributed by atoms with Crippen LogP contribution in [0.1, 0.15) is 31.4 Å². The molecule has 5 rings (SSSR count). The topological polar surface area (TPSA) is 95.8 Å². The van der Waals surface area contributed by atoms with E-state index >= 15 is 0 Å². The number of likely N-dealkylation sites (tertiary alicyclic amines) is 1. The number of nitrogens with one attached hydrogen (secondary N) is 1. The highest BCUT2D eigenvalue weighted by Crippen LogP contribution is 2.32. The first-order valence-electron chi connectivity index (χ1n) is 12.9. The predicted molar refractivity (Wildman–Crippen MR) is 145 cm³/mol. The number of rotatable bonds is 6. The van der Waals surface area contributed by atoms with Gasteiger partial charge in [-0.15, -0.1) is 0 Å². The van der Waals surface area contributed by atoms with Gasteiger partial charge in [0.15, 0.2) is 0 Å². The zero-order chi connectivity index (χ0) is 26.1. The normalized spacial score (nSPS) is 18.4. The highest BCUT2D eigenvalue weighted by Gasteiger charge is 2.29. The number of anilines is 3. The van der Waals surface area contributed by atoms with Crippen LogP contribution in [0.5, 0.6) is 5.75 Å². The summed E-state index contributed by atoms with van der Waals surface area (Å²) in [7, 11) is 3.79. The first kappa shape index (κ1) is 25.0. The van der Waals surface area contributed by atoms with Crippen molar-refractivity contribution >= 4 is 34.3 Å². The molecule has 1 aromatic carbocycles. The summed E-state index contributed by atoms with van der Waals surface area (Å²) < 4.78 is 7.43. The van der Waals surface area contributed by atoms with Crippen molar-refractivity contribution in [2.45, 2.75) is 32.7 Å². The number of nitrogens with zero attached hydrogens (tertiary/aromatic N) is 6. The van der Waals surface area contributed by atoms with E-state index in [1.54, 1.807) is 23.9 Å². The van der Waals surface area contributed by atoms with E-state index in [1.807, 2.05) is 30.9 Å². The first-order valence-corrected chi connectivity index (χ1v) is 12.9. The van der Waals surface area contributed by atoms with Gasteiger partial charge >= 0.3 is 0 Å². The molecule has 1 amide bonds. The van der Waals surface area contributed by atoms with E-state index in [2.05, 4.69) is 33.2 Å². The van der Waals surface area contributed by atoms with Crippen LogP contribution in [0.25, 0.3) is 11.0 Å². The summed E-state index contributed by atoms with van der Waals surface area (Å²) in [5.41, 5.74) is 3.16. The number of pyridine rings is 1. The van der Waals surface area contributed by atoms with E-state index in [1.165, 1.54) is 0 Å². The Hall–Kier alpha value is -3.66. The van der Waals surface area contributed by atoms with Gasteiger partial charge in [-0.05, 0) is 38.1 Å². The average molecular weight is 506 g/mol. The molecule has 0 saturated carbocycles. The maximum atomic E-state index is 13.1. The fraction of sp³-hybridized carbons (Fsp3) is 0.481. The van der Waals surface area contributed by atoms with Crippen molar-refractivity contribution in [1.82, 2.24) is 24.3 Å². The molecule has 37 heavy (non-hydrogen) atoms. The number of likely N-dealkylation sites (N-methyl/N-ethyl adjacent to an activating group) is 1. The number of fused-ring (bicyclic) bond motifs is 1. The van der Waals surface area contributed by atoms with Crippen molar-refractivity contribution in [3.63, 3.8) is 0 Å². The Kier molecular flexibility index (Phi) is 7.01. The van der Waals surface area contributed by atoms with E-state index < -0.39 is 0 Å². The average Bonchev–Trinajstić information content (AvgIpc) is 3.38. The summed E-state index contributed by atoms with van der Waals surface area (Å²) >= 11 is 0. The van der Waals surface area contributed by atoms with Crippen molar-refractivity contribution in [3.8, 4) is 5.75 Å². The smallest absolute Gasteiger partial charge is 0.252 e. The standard InChI is InChI=1S/C27H35N7O3/c1-5-24(35)33-9-8-20(17-33)34-25(36)14-18(2)21-16-28-27(30-26(21)34)29-22-7-6-19(15-23(22)37-4)32-12-10-31(3)11-13-32/h6-7,14-16,20H,5,8-13,17H2,1-4H3,(H,28,29,30)/t20-/m1/s1. The third-order valence-electron chi connectivity index (χ3n) is 7.48. The van der Waals surface area contributed by atoms with Crippen molar-refractivity contribution in [2.75, 3.05) is 63.6 Å². The van der Waals surface area contributed by atoms with Gasteiger partial charge in [0, 0.05) is 75.1 Å². The molecule has 2 saturated heterocycles. The Bertz CT molecular complexity index is 1360. The molecular weight excluding hydrogens is 470 g/mol. The summed E-state index contributed by atoms with van der Waals surface area (Å²) in [5, 5.41) is 4.11. The Morgan fingerprint density at radius 2 is 1.95 bits per heavy atom. The van der Waals surface area contributed by atoms with E-state index in [9.17, 15) is 9.59 Å². The highest BCUT2D eigenvalue weighted by atomic mass is 16.5. The summed E-state index contributed by atoms with van der Waals surface area (Å²) in [4.78, 5) is 41.2. The van der Waals surface area contributed by atoms with Crippen LogP contribution in [0.3, 0.4) is 0 Å². The van der Waals surface area contributed by atoms with E-state index in [-0.39, 0.29) is 17.5 Å². The summed E-state index contributed by atoms with van der Waals surface area (Å²) in [6.45, 7) is 8.91. The summed E-state index contributed by atoms with van der Waals surface area (Å²) in [6, 6.07) is 7.60. The highest BCUT2D eigenvalue weighted by molar-refractivity contribution is 5.80. The van der Waals surface area contributed by atoms with Gasteiger partial charge in [-0.3, -0.25) is 14.2 Å². The van der Waals surface area contributed by atoms with Crippen LogP contribution >= 0.6 is 0 Å². The number of ether oxygens (including phenoxy) is 1. The molecule has 2 aliphatic heterocycles. The lowest BCUT2D eigenvalue weighted by Gasteiger charge is -2.34. The lowest BCUT2D eigenvalue weighted by atomic mass is 10.1. The number of amides is 1. The molecule has 2 aromatic heterocycles. The van der Waals surface area contributed by atoms with E-state index in [4.69, 9.17) is 9.72 Å². The predicted octanol–water partition coefficient (Wildman–Crippen LogP) is 2.79. The van der Waals surface area contributed by atoms with Gasteiger partial charge in [-0.25, -0.2) is 4.98 Å². The second-order valence-electron chi connectivity index (χ2n) is 9.90. The molecule has 0 bridgehead atoms. The largest absolute Gasteiger partial charge is 0.494 e. The molecular formula is C27H35N7O3. The quantitative estimate of drug-likeness (QED) is 0.547. The van der Waals surface area contributed by atoms with Gasteiger partial charge in [-0.2, -0.15) is 4.98 Å². The number of hydrogen-bond acceptors (Lipinski definition) is 8. The van der Waals surface area contributed by atoms with E-state index in [0.29, 0.717) is 36.9 Å². The molecule has 1 atom stereocenters. The van der Waals surface area contributed by atoms with Crippen molar-refractivity contribution < 1.29 is 9.53 Å². The van der Waals surface area contributed by atoms with Gasteiger partial charge in [0.05, 0.1) is 18.8 Å². The molecule has 0 spiro atoms. The lowest BCUT2D eigenvalue weighted by molar-refractivity contribution is -0.129. The van der Waals surface area contributed by atoms with Crippen molar-refractivity contribution in [3.05, 3.63) is 46.4 Å². The summed E-state index contributed by atoms with van der Waals surface area (Å²) in [6.07, 6.45) is 2.94. The number of piperazine rings is 1. The molecule has 196 valence electrons. The molecule has 3 aromatic rings. The number of hydrogen-bond donors (Lipinski definition) is 1. The van der Waals surface area contributed by atoms with Crippen LogP contribution < -0.4 is 20.5 Å². The Labute approximate surface area is 216 Å². The van der Waals surface area contributed by atoms with Gasteiger partial charge in [0.2, 0.25) is 11.9 Å². The van der Waals surface area contributed by atoms with Gasteiger partial charge in [0.1, 0.15) is 11.4 Å². The number of methoxy groups -OCH3 is 1. The number of aryl methyl sites for hydroxylation is 1. The van der Waals surface area contributed by atoms with Gasteiger partial charge in [-0.1, -0.05) is 6.92 Å². The minimum absolute atomic E-state index is 0.107. The van der Waals surface area contributed by atoms with Crippen molar-refractivity contribution in [2.24, 2.45) is 0 Å². The molecule has 2 fully saturated rings. The fourth-order valence-electron chi connectivity index (χ4n) is 5.25. The number of aromatic nitrogens is 3. The number of benzene rings is 1. The van der Waals surface area contributed by atoms with E-state index in [0.717, 1.165) is 54.9 Å². The maximum absolute atomic E-state index is 13.1. The molecule has 1 N–H and O–H groups in total. The molecule has 10 heteroatoms. The molecule has 0 unspecified atom stereocenters. The van der Waals surface area contributed by atoms with Crippen LogP contribution in [0.4, 0.5) is 17.3 Å². The minimum atomic E-state index is -0.119. The van der Waals surface area contributed by atoms with Crippen LogP contribution in [0, 0.1) is 6.92 Å². The molecule has 4 heterocycles. The zero-order valence-electron chi connectivity index (χ0n) is 22.0. The van der Waals surface area contributed by atoms with Gasteiger partial charge in [0.25, 0.3) is 5.56 Å². The van der Waals surface area contributed by atoms with Crippen LogP contribution in [0.15, 0.2) is 35.3 Å². The number of carbonyl (C=O) groups excluding carboxylic acids is 1. The Morgan fingerprint density at radius 3 is 2.68 bits per heavy atom. The molecule has 2 aliphatic rings. The summed E-state index contributed by atoms with van der Waals surface area (Å²) in [5.74, 6) is 1.19. The van der Waals surface area contributed by atoms with Crippen LogP contribution in [0.2, 0.25) is 0 Å². The third-order valence-corrected chi connectivity index (χ3v) is 7.48. The number of carbonyl (C=O) groups is 1. The zero-order valence-corrected chi connectivity index (χ0v) is 22.0. The maximum Gasteiger partial charge on any atom is 0.252 e. The second kappa shape index (κ2) is 10.4. The molecule has 0 radical (unpaired) electrons. The SMILES string of the molecule is CCC(=O)N1CC[C@@H](n2c(=O)cc(C)c3cnc(Nc4ccc(N5CCN(C)CC5)cc4OC)nc32)C1. The third kappa shape index (κ3) is 4.98. The van der Waals surface area contributed by atoms with Crippen LogP contribution in [-0.4, -0.2) is 83.7 Å². The molecule has 0 aliphatic carbocycles. The second-order valence-corrected chi connectivity index (χ2v) is 9.90. The lowest BCUT2D eigenvalue weighted by Crippen LogP contribution is -2.44. The Morgan fingerprint density at radius 1 is 1.16 bits per heavy atom. The molecule has 10 nitrogen and oxygen atoms in total. The van der Waals surface area contributed by atoms with Crippen LogP contribution in [-0.2, 0) is 4.79 Å².